The van der Waals surface area contributed by atoms with E-state index >= 15 is 0 Å². The van der Waals surface area contributed by atoms with E-state index < -0.39 is 21.4 Å². The average Bonchev–Trinajstić information content (AvgIpc) is 2.23. The molecular formula is C14H27N2O4S+. The second-order valence-corrected chi connectivity index (χ2v) is 7.65. The van der Waals surface area contributed by atoms with Crippen molar-refractivity contribution in [3.63, 3.8) is 0 Å². The first-order valence-electron chi connectivity index (χ1n) is 6.74. The number of carbonyl (C=O) groups is 1. The summed E-state index contributed by atoms with van der Waals surface area (Å²) in [6, 6.07) is 0. The van der Waals surface area contributed by atoms with E-state index in [0.717, 1.165) is 0 Å². The van der Waals surface area contributed by atoms with Crippen LogP contribution in [0.5, 0.6) is 0 Å². The summed E-state index contributed by atoms with van der Waals surface area (Å²) in [6.07, 6.45) is 3.85. The van der Waals surface area contributed by atoms with Crippen LogP contribution in [0.2, 0.25) is 0 Å². The highest BCUT2D eigenvalue weighted by atomic mass is 32.2. The van der Waals surface area contributed by atoms with Crippen molar-refractivity contribution in [3.8, 4) is 0 Å². The minimum Gasteiger partial charge on any atom is -0.350 e. The standard InChI is InChI=1S/C14H26N2O4S/c1-6-9-16(5,10-7-2)11-8-13(17)15-14(3,4)12-21(18,19)20/h6-7H,1-2,8-12H2,3-5H3,(H-,15,17,18,19,20)/p+1. The van der Waals surface area contributed by atoms with Crippen LogP contribution in [-0.4, -0.2) is 61.3 Å². The van der Waals surface area contributed by atoms with Crippen molar-refractivity contribution in [2.24, 2.45) is 0 Å². The zero-order valence-electron chi connectivity index (χ0n) is 13.1. The molecule has 0 heterocycles. The van der Waals surface area contributed by atoms with Gasteiger partial charge >= 0.3 is 0 Å². The number of rotatable bonds is 10. The maximum Gasteiger partial charge on any atom is 0.267 e. The highest BCUT2D eigenvalue weighted by Crippen LogP contribution is 2.08. The van der Waals surface area contributed by atoms with Gasteiger partial charge in [-0.1, -0.05) is 13.2 Å². The number of amides is 1. The van der Waals surface area contributed by atoms with Gasteiger partial charge < -0.3 is 9.80 Å². The number of hydrogen-bond acceptors (Lipinski definition) is 3. The Morgan fingerprint density at radius 2 is 1.76 bits per heavy atom. The van der Waals surface area contributed by atoms with Crippen LogP contribution in [0.25, 0.3) is 0 Å². The number of nitrogens with one attached hydrogen (secondary N) is 1. The Balaban J connectivity index is 4.55. The van der Waals surface area contributed by atoms with Crippen LogP contribution < -0.4 is 5.32 Å². The van der Waals surface area contributed by atoms with Crippen LogP contribution in [0.1, 0.15) is 20.3 Å². The number of carbonyl (C=O) groups excluding carboxylic acids is 1. The van der Waals surface area contributed by atoms with E-state index in [4.69, 9.17) is 4.55 Å². The van der Waals surface area contributed by atoms with Crippen molar-refractivity contribution in [3.05, 3.63) is 25.3 Å². The fourth-order valence-corrected chi connectivity index (χ4v) is 3.17. The summed E-state index contributed by atoms with van der Waals surface area (Å²) in [6.45, 7) is 12.6. The van der Waals surface area contributed by atoms with Crippen molar-refractivity contribution in [1.29, 1.82) is 0 Å². The molecule has 0 spiro atoms. The molecule has 21 heavy (non-hydrogen) atoms. The summed E-state index contributed by atoms with van der Waals surface area (Å²) in [5.74, 6) is -0.766. The summed E-state index contributed by atoms with van der Waals surface area (Å²) < 4.78 is 31.3. The van der Waals surface area contributed by atoms with E-state index in [2.05, 4.69) is 18.5 Å². The van der Waals surface area contributed by atoms with Gasteiger partial charge in [-0.25, -0.2) is 0 Å². The topological polar surface area (TPSA) is 83.5 Å². The molecule has 2 N–H and O–H groups in total. The van der Waals surface area contributed by atoms with Gasteiger partial charge in [-0.15, -0.1) is 0 Å². The van der Waals surface area contributed by atoms with Gasteiger partial charge in [-0.05, 0) is 26.0 Å². The molecule has 6 nitrogen and oxygen atoms in total. The molecule has 0 saturated heterocycles. The highest BCUT2D eigenvalue weighted by molar-refractivity contribution is 7.85. The van der Waals surface area contributed by atoms with Crippen LogP contribution in [-0.2, 0) is 14.9 Å². The molecule has 0 rings (SSSR count). The zero-order chi connectivity index (χ0) is 16.7. The van der Waals surface area contributed by atoms with E-state index in [1.54, 1.807) is 26.0 Å². The van der Waals surface area contributed by atoms with Gasteiger partial charge in [0.25, 0.3) is 10.1 Å². The molecule has 122 valence electrons. The van der Waals surface area contributed by atoms with Crippen LogP contribution >= 0.6 is 0 Å². The normalized spacial score (nSPS) is 12.8. The van der Waals surface area contributed by atoms with Crippen molar-refractivity contribution < 1.29 is 22.2 Å². The lowest BCUT2D eigenvalue weighted by molar-refractivity contribution is -0.897. The molecule has 0 aliphatic rings. The van der Waals surface area contributed by atoms with Crippen LogP contribution in [0.3, 0.4) is 0 Å². The minimum atomic E-state index is -4.13. The maximum atomic E-state index is 12.0. The Morgan fingerprint density at radius 1 is 1.29 bits per heavy atom. The van der Waals surface area contributed by atoms with Gasteiger partial charge in [-0.3, -0.25) is 9.35 Å². The molecule has 0 aromatic heterocycles. The Hall–Kier alpha value is -1.18. The summed E-state index contributed by atoms with van der Waals surface area (Å²) >= 11 is 0. The first-order chi connectivity index (χ1) is 9.43. The minimum absolute atomic E-state index is 0.249. The third kappa shape index (κ3) is 9.38. The molecular weight excluding hydrogens is 292 g/mol. The molecule has 0 aliphatic carbocycles. The van der Waals surface area contributed by atoms with Gasteiger partial charge in [-0.2, -0.15) is 8.42 Å². The first-order valence-corrected chi connectivity index (χ1v) is 8.35. The predicted molar refractivity (Wildman–Crippen MR) is 84.4 cm³/mol. The lowest BCUT2D eigenvalue weighted by Gasteiger charge is -2.33. The largest absolute Gasteiger partial charge is 0.350 e. The molecule has 0 aromatic carbocycles. The van der Waals surface area contributed by atoms with Crippen molar-refractivity contribution in [2.75, 3.05) is 32.4 Å². The van der Waals surface area contributed by atoms with Gasteiger partial charge in [0.1, 0.15) is 0 Å². The monoisotopic (exact) mass is 319 g/mol. The quantitative estimate of drug-likeness (QED) is 0.357. The fourth-order valence-electron chi connectivity index (χ4n) is 2.18. The van der Waals surface area contributed by atoms with Gasteiger partial charge in [0.05, 0.1) is 44.4 Å². The Kier molecular flexibility index (Phi) is 7.29. The van der Waals surface area contributed by atoms with Gasteiger partial charge in [0.2, 0.25) is 5.91 Å². The summed E-state index contributed by atoms with van der Waals surface area (Å²) in [5, 5.41) is 2.63. The average molecular weight is 319 g/mol. The van der Waals surface area contributed by atoms with Crippen LogP contribution in [0, 0.1) is 0 Å². The lowest BCUT2D eigenvalue weighted by atomic mass is 10.1. The lowest BCUT2D eigenvalue weighted by Crippen LogP contribution is -2.51. The zero-order valence-corrected chi connectivity index (χ0v) is 13.9. The SMILES string of the molecule is C=CC[N+](C)(CC=C)CCC(=O)NC(C)(C)CS(=O)(=O)O. The van der Waals surface area contributed by atoms with Crippen molar-refractivity contribution in [2.45, 2.75) is 25.8 Å². The number of nitrogens with zero attached hydrogens (tertiary/aromatic N) is 1. The molecule has 0 fully saturated rings. The Bertz CT molecular complexity index is 473. The van der Waals surface area contributed by atoms with Crippen molar-refractivity contribution in [1.82, 2.24) is 5.32 Å². The van der Waals surface area contributed by atoms with E-state index in [0.29, 0.717) is 24.1 Å². The second-order valence-electron chi connectivity index (χ2n) is 6.19. The fraction of sp³-hybridized carbons (Fsp3) is 0.643. The second kappa shape index (κ2) is 7.72. The van der Waals surface area contributed by atoms with Crippen LogP contribution in [0.4, 0.5) is 0 Å². The Labute approximate surface area is 127 Å². The Morgan fingerprint density at radius 3 is 2.14 bits per heavy atom. The van der Waals surface area contributed by atoms with Crippen molar-refractivity contribution >= 4 is 16.0 Å². The van der Waals surface area contributed by atoms with Crippen LogP contribution in [0.15, 0.2) is 25.3 Å². The van der Waals surface area contributed by atoms with E-state index in [9.17, 15) is 13.2 Å². The maximum absolute atomic E-state index is 12.0. The van der Waals surface area contributed by atoms with E-state index in [1.807, 2.05) is 7.05 Å². The smallest absolute Gasteiger partial charge is 0.267 e. The molecule has 1 amide bonds. The molecule has 0 saturated carbocycles. The first kappa shape index (κ1) is 19.8. The summed E-state index contributed by atoms with van der Waals surface area (Å²) in [7, 11) is -2.13. The highest BCUT2D eigenvalue weighted by Gasteiger charge is 2.28. The molecule has 0 unspecified atom stereocenters. The molecule has 0 aromatic rings. The summed E-state index contributed by atoms with van der Waals surface area (Å²) in [5.41, 5.74) is -1.01. The molecule has 0 radical (unpaired) electrons. The molecule has 0 aliphatic heterocycles. The third-order valence-electron chi connectivity index (χ3n) is 3.04. The van der Waals surface area contributed by atoms with Gasteiger partial charge in [0.15, 0.2) is 0 Å². The van der Waals surface area contributed by atoms with E-state index in [-0.39, 0.29) is 12.3 Å². The number of quaternary nitrogens is 1. The molecule has 7 heteroatoms. The third-order valence-corrected chi connectivity index (χ3v) is 4.13. The van der Waals surface area contributed by atoms with E-state index in [1.165, 1.54) is 0 Å². The molecule has 0 atom stereocenters. The molecule has 0 bridgehead atoms. The summed E-state index contributed by atoms with van der Waals surface area (Å²) in [4.78, 5) is 12.0. The van der Waals surface area contributed by atoms with Gasteiger partial charge in [0, 0.05) is 0 Å². The predicted octanol–water partition coefficient (Wildman–Crippen LogP) is 0.978. The number of hydrogen-bond donors (Lipinski definition) is 2. The number of likely N-dealkylation sites (N-methyl/N-ethyl adjacent to an activating group) is 1.